The Hall–Kier alpha value is -2.88. The van der Waals surface area contributed by atoms with Crippen LogP contribution in [0.3, 0.4) is 0 Å². The normalized spacial score (nSPS) is 41.6. The van der Waals surface area contributed by atoms with Gasteiger partial charge < -0.3 is 140 Å². The van der Waals surface area contributed by atoms with Crippen molar-refractivity contribution in [2.75, 3.05) is 33.0 Å². The van der Waals surface area contributed by atoms with Crippen LogP contribution in [0.15, 0.2) is 0 Å². The van der Waals surface area contributed by atoms with Gasteiger partial charge in [0.1, 0.15) is 116 Å². The number of aldehydes is 1. The van der Waals surface area contributed by atoms with Gasteiger partial charge in [0.2, 0.25) is 11.8 Å². The Morgan fingerprint density at radius 3 is 1.78 bits per heavy atom. The molecule has 0 aromatic rings. The fraction of sp³-hybridized carbons (Fsp3) is 0.892. The van der Waals surface area contributed by atoms with Crippen LogP contribution in [0.25, 0.3) is 0 Å². The standard InChI is InChI=1S/C37H62N2O29/c1-10(45)38-19-12(47)3-37(36(59)60,68-31(19)22(52)14(49)5-41)61-9-18-23(53)26(56)27(57)34(64-18)66-30-17(8-44)63-33(20(25(30)55)39-11(2)46)67-32-24(54)16(7-43)62-35(28(32)58)65-29(15(50)6-42)21(51)13(48)4-40/h4,12-35,41-44,47-58H,3,5-9H2,1-2H3,(H,38,45)(H,39,46)(H,59,60)/t12-,13-,14+,15+,16+,17+,18?,19+,20+,21+,22+,23-,24-,25+,26-,27+,28+,29+,30+,31+,32-,33-,34?,35-,37+/m0/s1. The first-order valence-electron chi connectivity index (χ1n) is 21.0. The number of hydrogen-bond acceptors (Lipinski definition) is 28. The Balaban J connectivity index is 1.58. The van der Waals surface area contributed by atoms with Gasteiger partial charge in [0.25, 0.3) is 5.79 Å². The summed E-state index contributed by atoms with van der Waals surface area (Å²) in [6.45, 7) is -3.48. The number of carbonyl (C=O) groups excluding carboxylic acids is 3. The molecule has 4 heterocycles. The van der Waals surface area contributed by atoms with Crippen molar-refractivity contribution in [3.63, 3.8) is 0 Å². The second kappa shape index (κ2) is 25.0. The Bertz CT molecular complexity index is 1640. The Kier molecular flexibility index (Phi) is 21.2. The first kappa shape index (κ1) is 57.7. The largest absolute Gasteiger partial charge is 0.477 e. The van der Waals surface area contributed by atoms with Crippen molar-refractivity contribution in [1.29, 1.82) is 0 Å². The van der Waals surface area contributed by atoms with E-state index in [2.05, 4.69) is 10.6 Å². The highest BCUT2D eigenvalue weighted by atomic mass is 16.8. The second-order valence-corrected chi connectivity index (χ2v) is 16.5. The minimum Gasteiger partial charge on any atom is -0.477 e. The third kappa shape index (κ3) is 13.0. The van der Waals surface area contributed by atoms with Gasteiger partial charge in [-0.1, -0.05) is 0 Å². The lowest BCUT2D eigenvalue weighted by atomic mass is 9.88. The zero-order chi connectivity index (χ0) is 51.1. The summed E-state index contributed by atoms with van der Waals surface area (Å²) in [5.74, 6) is -6.61. The Labute approximate surface area is 384 Å². The molecule has 4 fully saturated rings. The second-order valence-electron chi connectivity index (χ2n) is 16.5. The van der Waals surface area contributed by atoms with Crippen LogP contribution in [0.1, 0.15) is 20.3 Å². The van der Waals surface area contributed by atoms with Gasteiger partial charge in [-0.2, -0.15) is 0 Å². The maximum atomic E-state index is 12.7. The lowest BCUT2D eigenvalue weighted by Gasteiger charge is -2.49. The molecule has 31 heteroatoms. The molecule has 4 aliphatic heterocycles. The predicted molar refractivity (Wildman–Crippen MR) is 208 cm³/mol. The van der Waals surface area contributed by atoms with Gasteiger partial charge in [0.05, 0.1) is 45.2 Å². The van der Waals surface area contributed by atoms with E-state index >= 15 is 0 Å². The molecule has 0 aromatic carbocycles. The van der Waals surface area contributed by atoms with Gasteiger partial charge in [-0.3, -0.25) is 9.59 Å². The minimum absolute atomic E-state index is 0.140. The van der Waals surface area contributed by atoms with Gasteiger partial charge in [0.15, 0.2) is 25.2 Å². The molecule has 394 valence electrons. The molecule has 0 aromatic heterocycles. The molecule has 25 atom stereocenters. The van der Waals surface area contributed by atoms with E-state index in [1.54, 1.807) is 0 Å². The van der Waals surface area contributed by atoms with Gasteiger partial charge in [-0.15, -0.1) is 0 Å². The van der Waals surface area contributed by atoms with Crippen molar-refractivity contribution < 1.29 is 144 Å². The third-order valence-electron chi connectivity index (χ3n) is 11.6. The van der Waals surface area contributed by atoms with Gasteiger partial charge in [-0.25, -0.2) is 4.79 Å². The summed E-state index contributed by atoms with van der Waals surface area (Å²) in [6, 6.07) is -3.41. The molecule has 0 saturated carbocycles. The van der Waals surface area contributed by atoms with Crippen molar-refractivity contribution in [1.82, 2.24) is 10.6 Å². The smallest absolute Gasteiger partial charge is 0.364 e. The van der Waals surface area contributed by atoms with Crippen LogP contribution in [0, 0.1) is 0 Å². The van der Waals surface area contributed by atoms with E-state index in [9.17, 15) is 106 Å². The number of amides is 2. The van der Waals surface area contributed by atoms with Crippen LogP contribution < -0.4 is 10.6 Å². The van der Waals surface area contributed by atoms with Gasteiger partial charge >= 0.3 is 5.97 Å². The summed E-state index contributed by atoms with van der Waals surface area (Å²) >= 11 is 0. The minimum atomic E-state index is -2.97. The molecule has 2 amide bonds. The molecule has 19 N–H and O–H groups in total. The third-order valence-corrected chi connectivity index (χ3v) is 11.6. The number of ether oxygens (including phenoxy) is 8. The number of carbonyl (C=O) groups is 4. The molecule has 0 aliphatic carbocycles. The molecule has 0 radical (unpaired) electrons. The summed E-state index contributed by atoms with van der Waals surface area (Å²) in [5, 5.41) is 183. The quantitative estimate of drug-likeness (QED) is 0.0448. The average molecular weight is 999 g/mol. The maximum Gasteiger partial charge on any atom is 0.364 e. The molecule has 2 unspecified atom stereocenters. The molecule has 0 spiro atoms. The van der Waals surface area contributed by atoms with E-state index in [4.69, 9.17) is 37.9 Å². The van der Waals surface area contributed by atoms with Crippen molar-refractivity contribution in [2.45, 2.75) is 173 Å². The molecule has 4 aliphatic rings. The highest BCUT2D eigenvalue weighted by Crippen LogP contribution is 2.37. The molecular formula is C37H62N2O29. The van der Waals surface area contributed by atoms with E-state index in [-0.39, 0.29) is 6.29 Å². The number of rotatable bonds is 22. The topological polar surface area (TPSA) is 510 Å². The number of aliphatic hydroxyl groups is 16. The van der Waals surface area contributed by atoms with E-state index < -0.39 is 210 Å². The van der Waals surface area contributed by atoms with E-state index in [0.717, 1.165) is 13.8 Å². The lowest BCUT2D eigenvalue weighted by molar-refractivity contribution is -0.375. The SMILES string of the molecule is CC(=O)N[C@H]1[C@H](O[C@H]2[C@@H](O)[C@@H](CO)O[C@@H](O[C@@H]([C@H](O)[C@@H](O)C=O)[C@H](O)CO)[C@@H]2O)O[C@H](CO)[C@@H](OC2OC(CO[C@]3(C(=O)O)C[C@H](O)[C@@H](NC(C)=O)[C@H]([C@H](O)[C@H](O)CO)O3)[C@H](O)[C@H](O)[C@H]2O)[C@@H]1O. The summed E-state index contributed by atoms with van der Waals surface area (Å²) in [5.41, 5.74) is 0. The highest BCUT2D eigenvalue weighted by Gasteiger charge is 2.58. The molecule has 68 heavy (non-hydrogen) atoms. The number of hydrogen-bond donors (Lipinski definition) is 19. The first-order valence-corrected chi connectivity index (χ1v) is 21.0. The van der Waals surface area contributed by atoms with Crippen LogP contribution in [0.2, 0.25) is 0 Å². The predicted octanol–water partition coefficient (Wildman–Crippen LogP) is -12.6. The highest BCUT2D eigenvalue weighted by molar-refractivity contribution is 5.76. The molecule has 4 rings (SSSR count). The summed E-state index contributed by atoms with van der Waals surface area (Å²) in [4.78, 5) is 48.2. The van der Waals surface area contributed by atoms with Crippen molar-refractivity contribution in [3.05, 3.63) is 0 Å². The van der Waals surface area contributed by atoms with Crippen LogP contribution in [-0.2, 0) is 57.1 Å². The fourth-order valence-corrected chi connectivity index (χ4v) is 7.97. The zero-order valence-electron chi connectivity index (χ0n) is 36.2. The molecule has 31 nitrogen and oxygen atoms in total. The fourth-order valence-electron chi connectivity index (χ4n) is 7.97. The summed E-state index contributed by atoms with van der Waals surface area (Å²) in [7, 11) is 0. The van der Waals surface area contributed by atoms with Gasteiger partial charge in [0, 0.05) is 20.3 Å². The number of carboxylic acid groups (broad SMARTS) is 1. The molecular weight excluding hydrogens is 936 g/mol. The van der Waals surface area contributed by atoms with E-state index in [1.165, 1.54) is 0 Å². The number of aliphatic hydroxyl groups excluding tert-OH is 16. The van der Waals surface area contributed by atoms with Crippen molar-refractivity contribution in [2.24, 2.45) is 0 Å². The van der Waals surface area contributed by atoms with Crippen LogP contribution in [0.4, 0.5) is 0 Å². The monoisotopic (exact) mass is 998 g/mol. The number of aliphatic carboxylic acids is 1. The Morgan fingerprint density at radius 2 is 1.24 bits per heavy atom. The van der Waals surface area contributed by atoms with Crippen LogP contribution >= 0.6 is 0 Å². The number of nitrogens with one attached hydrogen (secondary N) is 2. The lowest BCUT2D eigenvalue weighted by Crippen LogP contribution is -2.70. The van der Waals surface area contributed by atoms with Crippen molar-refractivity contribution >= 4 is 24.1 Å². The van der Waals surface area contributed by atoms with Crippen LogP contribution in [0.5, 0.6) is 0 Å². The first-order chi connectivity index (χ1) is 31.9. The van der Waals surface area contributed by atoms with E-state index in [1.807, 2.05) is 0 Å². The number of carboxylic acids is 1. The summed E-state index contributed by atoms with van der Waals surface area (Å²) in [6.07, 6.45) is -46.3. The van der Waals surface area contributed by atoms with Crippen LogP contribution in [-0.4, -0.2) is 297 Å². The molecule has 4 saturated heterocycles. The van der Waals surface area contributed by atoms with E-state index in [0.29, 0.717) is 0 Å². The summed E-state index contributed by atoms with van der Waals surface area (Å²) < 4.78 is 44.8. The van der Waals surface area contributed by atoms with Crippen molar-refractivity contribution in [3.8, 4) is 0 Å². The molecule has 0 bridgehead atoms. The maximum absolute atomic E-state index is 12.7. The average Bonchev–Trinajstić information content (AvgIpc) is 3.30. The Morgan fingerprint density at radius 1 is 0.676 bits per heavy atom. The zero-order valence-corrected chi connectivity index (χ0v) is 36.2. The van der Waals surface area contributed by atoms with Gasteiger partial charge in [-0.05, 0) is 0 Å².